The molecular formula is C14H19NO4. The minimum absolute atomic E-state index is 0.0386. The molecule has 2 atom stereocenters. The first-order valence-electron chi connectivity index (χ1n) is 6.87. The summed E-state index contributed by atoms with van der Waals surface area (Å²) in [6.45, 7) is 1.59. The Labute approximate surface area is 112 Å². The van der Waals surface area contributed by atoms with Crippen LogP contribution < -0.4 is 0 Å². The number of hydrogen-bond donors (Lipinski definition) is 1. The third-order valence-electron chi connectivity index (χ3n) is 3.82. The molecule has 104 valence electrons. The number of ether oxygens (including phenoxy) is 1. The van der Waals surface area contributed by atoms with Gasteiger partial charge in [-0.15, -0.1) is 0 Å². The molecule has 5 nitrogen and oxygen atoms in total. The Morgan fingerprint density at radius 3 is 2.79 bits per heavy atom. The van der Waals surface area contributed by atoms with Gasteiger partial charge in [0.15, 0.2) is 6.10 Å². The van der Waals surface area contributed by atoms with Gasteiger partial charge < -0.3 is 14.3 Å². The Hall–Kier alpha value is -1.33. The largest absolute Gasteiger partial charge is 0.479 e. The first-order valence-corrected chi connectivity index (χ1v) is 6.87. The second-order valence-corrected chi connectivity index (χ2v) is 5.40. The second kappa shape index (κ2) is 5.35. The maximum Gasteiger partial charge on any atom is 0.332 e. The molecule has 1 saturated heterocycles. The first-order chi connectivity index (χ1) is 9.22. The van der Waals surface area contributed by atoms with Crippen molar-refractivity contribution in [2.45, 2.75) is 50.5 Å². The SMILES string of the molecule is O=C(O)C1CCC(CN(Cc2ccco2)C2CC2)O1. The highest BCUT2D eigenvalue weighted by atomic mass is 16.5. The summed E-state index contributed by atoms with van der Waals surface area (Å²) in [6.07, 6.45) is 5.00. The third kappa shape index (κ3) is 3.16. The van der Waals surface area contributed by atoms with E-state index in [1.165, 1.54) is 12.8 Å². The lowest BCUT2D eigenvalue weighted by atomic mass is 10.2. The molecule has 0 spiro atoms. The highest BCUT2D eigenvalue weighted by Gasteiger charge is 2.35. The van der Waals surface area contributed by atoms with Gasteiger partial charge in [-0.1, -0.05) is 0 Å². The number of carboxylic acid groups (broad SMARTS) is 1. The zero-order chi connectivity index (χ0) is 13.2. The molecule has 1 aliphatic carbocycles. The van der Waals surface area contributed by atoms with Crippen LogP contribution in [0.5, 0.6) is 0 Å². The monoisotopic (exact) mass is 265 g/mol. The van der Waals surface area contributed by atoms with Gasteiger partial charge in [-0.2, -0.15) is 0 Å². The fourth-order valence-corrected chi connectivity index (χ4v) is 2.67. The van der Waals surface area contributed by atoms with E-state index in [2.05, 4.69) is 4.90 Å². The lowest BCUT2D eigenvalue weighted by molar-refractivity contribution is -0.149. The topological polar surface area (TPSA) is 62.9 Å². The van der Waals surface area contributed by atoms with Crippen molar-refractivity contribution in [3.63, 3.8) is 0 Å². The van der Waals surface area contributed by atoms with E-state index in [1.54, 1.807) is 6.26 Å². The molecule has 1 aromatic rings. The van der Waals surface area contributed by atoms with Crippen LogP contribution in [0, 0.1) is 0 Å². The minimum atomic E-state index is -0.841. The van der Waals surface area contributed by atoms with Crippen molar-refractivity contribution in [2.75, 3.05) is 6.54 Å². The average molecular weight is 265 g/mol. The Bertz CT molecular complexity index is 427. The van der Waals surface area contributed by atoms with Gasteiger partial charge in [0.2, 0.25) is 0 Å². The van der Waals surface area contributed by atoms with Crippen molar-refractivity contribution in [3.8, 4) is 0 Å². The summed E-state index contributed by atoms with van der Waals surface area (Å²) in [7, 11) is 0. The van der Waals surface area contributed by atoms with E-state index in [0.717, 1.165) is 25.3 Å². The molecule has 1 saturated carbocycles. The van der Waals surface area contributed by atoms with E-state index in [-0.39, 0.29) is 6.10 Å². The Morgan fingerprint density at radius 1 is 1.37 bits per heavy atom. The number of furan rings is 1. The number of aliphatic carboxylic acids is 1. The lowest BCUT2D eigenvalue weighted by Crippen LogP contribution is -2.34. The van der Waals surface area contributed by atoms with Crippen molar-refractivity contribution in [1.29, 1.82) is 0 Å². The molecular weight excluding hydrogens is 246 g/mol. The molecule has 5 heteroatoms. The fraction of sp³-hybridized carbons (Fsp3) is 0.643. The minimum Gasteiger partial charge on any atom is -0.479 e. The standard InChI is InChI=1S/C14H19NO4/c16-14(17)13-6-5-12(19-13)9-15(10-3-4-10)8-11-2-1-7-18-11/h1-2,7,10,12-13H,3-6,8-9H2,(H,16,17). The molecule has 2 fully saturated rings. The van der Waals surface area contributed by atoms with Gasteiger partial charge in [-0.3, -0.25) is 4.90 Å². The normalized spacial score (nSPS) is 27.0. The molecule has 0 amide bonds. The van der Waals surface area contributed by atoms with Crippen molar-refractivity contribution >= 4 is 5.97 Å². The van der Waals surface area contributed by atoms with Crippen LogP contribution in [-0.2, 0) is 16.1 Å². The summed E-state index contributed by atoms with van der Waals surface area (Å²) in [6, 6.07) is 4.48. The van der Waals surface area contributed by atoms with Gasteiger partial charge in [-0.25, -0.2) is 4.79 Å². The van der Waals surface area contributed by atoms with Crippen LogP contribution in [0.25, 0.3) is 0 Å². The van der Waals surface area contributed by atoms with Crippen molar-refractivity contribution in [2.24, 2.45) is 0 Å². The summed E-state index contributed by atoms with van der Waals surface area (Å²) in [5.41, 5.74) is 0. The predicted octanol–water partition coefficient (Wildman–Crippen LogP) is 1.88. The van der Waals surface area contributed by atoms with Gasteiger partial charge >= 0.3 is 5.97 Å². The predicted molar refractivity (Wildman–Crippen MR) is 67.7 cm³/mol. The Balaban J connectivity index is 1.55. The highest BCUT2D eigenvalue weighted by molar-refractivity contribution is 5.72. The van der Waals surface area contributed by atoms with Crippen LogP contribution in [0.4, 0.5) is 0 Å². The first kappa shape index (κ1) is 12.7. The molecule has 19 heavy (non-hydrogen) atoms. The lowest BCUT2D eigenvalue weighted by Gasteiger charge is -2.24. The molecule has 1 aromatic heterocycles. The van der Waals surface area contributed by atoms with Crippen LogP contribution in [0.3, 0.4) is 0 Å². The van der Waals surface area contributed by atoms with Gasteiger partial charge in [0, 0.05) is 12.6 Å². The van der Waals surface area contributed by atoms with E-state index in [9.17, 15) is 4.79 Å². The van der Waals surface area contributed by atoms with Gasteiger partial charge in [0.1, 0.15) is 5.76 Å². The number of carbonyl (C=O) groups is 1. The van der Waals surface area contributed by atoms with Crippen molar-refractivity contribution in [1.82, 2.24) is 4.90 Å². The van der Waals surface area contributed by atoms with Crippen LogP contribution >= 0.6 is 0 Å². The molecule has 2 heterocycles. The quantitative estimate of drug-likeness (QED) is 0.850. The Morgan fingerprint density at radius 2 is 2.21 bits per heavy atom. The summed E-state index contributed by atoms with van der Waals surface area (Å²) >= 11 is 0. The molecule has 2 aliphatic rings. The Kier molecular flexibility index (Phi) is 3.57. The van der Waals surface area contributed by atoms with E-state index < -0.39 is 12.1 Å². The molecule has 0 aromatic carbocycles. The summed E-state index contributed by atoms with van der Waals surface area (Å²) in [5.74, 6) is 0.117. The molecule has 1 aliphatic heterocycles. The average Bonchev–Trinajstić information content (AvgIpc) is 2.90. The number of nitrogens with zero attached hydrogens (tertiary/aromatic N) is 1. The number of carboxylic acids is 1. The number of hydrogen-bond acceptors (Lipinski definition) is 4. The molecule has 0 radical (unpaired) electrons. The zero-order valence-electron chi connectivity index (χ0n) is 10.8. The molecule has 0 bridgehead atoms. The van der Waals surface area contributed by atoms with Gasteiger partial charge in [-0.05, 0) is 37.8 Å². The molecule has 2 unspecified atom stereocenters. The smallest absolute Gasteiger partial charge is 0.332 e. The van der Waals surface area contributed by atoms with Crippen molar-refractivity contribution < 1.29 is 19.1 Å². The van der Waals surface area contributed by atoms with Gasteiger partial charge in [0.05, 0.1) is 18.9 Å². The van der Waals surface area contributed by atoms with Crippen LogP contribution in [-0.4, -0.2) is 40.8 Å². The van der Waals surface area contributed by atoms with E-state index in [4.69, 9.17) is 14.3 Å². The molecule has 3 rings (SSSR count). The molecule has 1 N–H and O–H groups in total. The maximum absolute atomic E-state index is 10.9. The third-order valence-corrected chi connectivity index (χ3v) is 3.82. The number of rotatable bonds is 6. The zero-order valence-corrected chi connectivity index (χ0v) is 10.8. The summed E-state index contributed by atoms with van der Waals surface area (Å²) in [4.78, 5) is 13.2. The van der Waals surface area contributed by atoms with E-state index in [0.29, 0.717) is 12.5 Å². The van der Waals surface area contributed by atoms with Crippen LogP contribution in [0.1, 0.15) is 31.4 Å². The van der Waals surface area contributed by atoms with Gasteiger partial charge in [0.25, 0.3) is 0 Å². The summed E-state index contributed by atoms with van der Waals surface area (Å²) < 4.78 is 11.0. The second-order valence-electron chi connectivity index (χ2n) is 5.40. The van der Waals surface area contributed by atoms with Crippen LogP contribution in [0.2, 0.25) is 0 Å². The fourth-order valence-electron chi connectivity index (χ4n) is 2.67. The summed E-state index contributed by atoms with van der Waals surface area (Å²) in [5, 5.41) is 8.94. The van der Waals surface area contributed by atoms with E-state index in [1.807, 2.05) is 12.1 Å². The maximum atomic E-state index is 10.9. The van der Waals surface area contributed by atoms with Crippen molar-refractivity contribution in [3.05, 3.63) is 24.2 Å². The highest BCUT2D eigenvalue weighted by Crippen LogP contribution is 2.30. The van der Waals surface area contributed by atoms with E-state index >= 15 is 0 Å². The van der Waals surface area contributed by atoms with Crippen LogP contribution in [0.15, 0.2) is 22.8 Å².